The van der Waals surface area contributed by atoms with Gasteiger partial charge in [0.05, 0.1) is 19.3 Å². The van der Waals surface area contributed by atoms with Crippen molar-refractivity contribution in [2.45, 2.75) is 19.1 Å². The van der Waals surface area contributed by atoms with Crippen molar-refractivity contribution in [2.75, 3.05) is 24.6 Å². The SMILES string of the molecule is OCc1ccccc1N1CCO[C@@H](Cc2ccccc2)C1. The van der Waals surface area contributed by atoms with Gasteiger partial charge in [-0.3, -0.25) is 0 Å². The first-order valence-corrected chi connectivity index (χ1v) is 7.46. The Balaban J connectivity index is 1.71. The summed E-state index contributed by atoms with van der Waals surface area (Å²) in [5, 5.41) is 9.49. The van der Waals surface area contributed by atoms with Crippen molar-refractivity contribution in [3.8, 4) is 0 Å². The first-order valence-electron chi connectivity index (χ1n) is 7.46. The maximum absolute atomic E-state index is 9.49. The second kappa shape index (κ2) is 6.74. The molecule has 21 heavy (non-hydrogen) atoms. The van der Waals surface area contributed by atoms with Gasteiger partial charge in [0.25, 0.3) is 0 Å². The number of morpholine rings is 1. The van der Waals surface area contributed by atoms with E-state index in [1.807, 2.05) is 24.3 Å². The van der Waals surface area contributed by atoms with Gasteiger partial charge >= 0.3 is 0 Å². The Hall–Kier alpha value is -1.84. The largest absolute Gasteiger partial charge is 0.392 e. The molecule has 0 radical (unpaired) electrons. The second-order valence-electron chi connectivity index (χ2n) is 5.42. The molecule has 1 fully saturated rings. The van der Waals surface area contributed by atoms with Crippen LogP contribution in [-0.2, 0) is 17.8 Å². The van der Waals surface area contributed by atoms with Crippen LogP contribution in [0, 0.1) is 0 Å². The van der Waals surface area contributed by atoms with Crippen molar-refractivity contribution >= 4 is 5.69 Å². The van der Waals surface area contributed by atoms with Crippen LogP contribution in [0.3, 0.4) is 0 Å². The molecule has 3 heteroatoms. The highest BCUT2D eigenvalue weighted by Gasteiger charge is 2.22. The topological polar surface area (TPSA) is 32.7 Å². The fourth-order valence-corrected chi connectivity index (χ4v) is 2.89. The predicted molar refractivity (Wildman–Crippen MR) is 84.5 cm³/mol. The molecule has 1 atom stereocenters. The molecule has 3 rings (SSSR count). The number of hydrogen-bond donors (Lipinski definition) is 1. The molecule has 2 aromatic rings. The third kappa shape index (κ3) is 3.43. The second-order valence-corrected chi connectivity index (χ2v) is 5.42. The van der Waals surface area contributed by atoms with Gasteiger partial charge in [-0.2, -0.15) is 0 Å². The number of anilines is 1. The first-order chi connectivity index (χ1) is 10.4. The zero-order valence-electron chi connectivity index (χ0n) is 12.1. The van der Waals surface area contributed by atoms with Crippen LogP contribution >= 0.6 is 0 Å². The number of ether oxygens (including phenoxy) is 1. The molecular weight excluding hydrogens is 262 g/mol. The predicted octanol–water partition coefficient (Wildman–Crippen LogP) is 2.63. The Morgan fingerprint density at radius 1 is 1.05 bits per heavy atom. The Morgan fingerprint density at radius 3 is 2.62 bits per heavy atom. The van der Waals surface area contributed by atoms with Crippen molar-refractivity contribution in [1.29, 1.82) is 0 Å². The summed E-state index contributed by atoms with van der Waals surface area (Å²) in [7, 11) is 0. The van der Waals surface area contributed by atoms with E-state index in [-0.39, 0.29) is 12.7 Å². The number of aliphatic hydroxyl groups is 1. The molecule has 0 bridgehead atoms. The highest BCUT2D eigenvalue weighted by Crippen LogP contribution is 2.23. The van der Waals surface area contributed by atoms with E-state index in [2.05, 4.69) is 35.2 Å². The first kappa shape index (κ1) is 14.1. The minimum absolute atomic E-state index is 0.0802. The van der Waals surface area contributed by atoms with Gasteiger partial charge in [0.2, 0.25) is 0 Å². The minimum atomic E-state index is 0.0802. The van der Waals surface area contributed by atoms with Crippen LogP contribution in [0.1, 0.15) is 11.1 Å². The third-order valence-corrected chi connectivity index (χ3v) is 3.95. The monoisotopic (exact) mass is 283 g/mol. The Labute approximate surface area is 125 Å². The van der Waals surface area contributed by atoms with Gasteiger partial charge in [-0.05, 0) is 11.6 Å². The summed E-state index contributed by atoms with van der Waals surface area (Å²) in [6.07, 6.45) is 1.13. The molecule has 0 amide bonds. The van der Waals surface area contributed by atoms with Gasteiger partial charge in [-0.25, -0.2) is 0 Å². The van der Waals surface area contributed by atoms with Crippen LogP contribution in [0.4, 0.5) is 5.69 Å². The molecule has 0 aliphatic carbocycles. The lowest BCUT2D eigenvalue weighted by Gasteiger charge is -2.35. The van der Waals surface area contributed by atoms with Crippen LogP contribution in [0.5, 0.6) is 0 Å². The molecule has 1 saturated heterocycles. The summed E-state index contributed by atoms with van der Waals surface area (Å²) >= 11 is 0. The summed E-state index contributed by atoms with van der Waals surface area (Å²) in [6, 6.07) is 18.5. The highest BCUT2D eigenvalue weighted by atomic mass is 16.5. The fraction of sp³-hybridized carbons (Fsp3) is 0.333. The number of hydrogen-bond acceptors (Lipinski definition) is 3. The van der Waals surface area contributed by atoms with E-state index in [4.69, 9.17) is 4.74 Å². The van der Waals surface area contributed by atoms with E-state index in [1.54, 1.807) is 0 Å². The maximum Gasteiger partial charge on any atom is 0.0791 e. The van der Waals surface area contributed by atoms with Crippen LogP contribution in [0.15, 0.2) is 54.6 Å². The zero-order valence-corrected chi connectivity index (χ0v) is 12.1. The Bertz CT molecular complexity index is 570. The summed E-state index contributed by atoms with van der Waals surface area (Å²) in [5.74, 6) is 0. The molecule has 1 aliphatic heterocycles. The minimum Gasteiger partial charge on any atom is -0.392 e. The summed E-state index contributed by atoms with van der Waals surface area (Å²) < 4.78 is 5.90. The third-order valence-electron chi connectivity index (χ3n) is 3.95. The van der Waals surface area contributed by atoms with Crippen LogP contribution in [0.25, 0.3) is 0 Å². The van der Waals surface area contributed by atoms with Crippen molar-refractivity contribution < 1.29 is 9.84 Å². The standard InChI is InChI=1S/C18H21NO2/c20-14-16-8-4-5-9-18(16)19-10-11-21-17(13-19)12-15-6-2-1-3-7-15/h1-9,17,20H,10-14H2/t17-/m0/s1. The van der Waals surface area contributed by atoms with Crippen molar-refractivity contribution in [3.05, 3.63) is 65.7 Å². The van der Waals surface area contributed by atoms with Crippen molar-refractivity contribution in [1.82, 2.24) is 0 Å². The number of aliphatic hydroxyl groups excluding tert-OH is 1. The van der Waals surface area contributed by atoms with Crippen LogP contribution in [-0.4, -0.2) is 30.9 Å². The number of para-hydroxylation sites is 1. The average molecular weight is 283 g/mol. The molecule has 2 aromatic carbocycles. The van der Waals surface area contributed by atoms with Crippen molar-refractivity contribution in [3.63, 3.8) is 0 Å². The van der Waals surface area contributed by atoms with Crippen LogP contribution < -0.4 is 4.90 Å². The Kier molecular flexibility index (Phi) is 4.53. The van der Waals surface area contributed by atoms with E-state index in [0.717, 1.165) is 37.4 Å². The molecular formula is C18H21NO2. The lowest BCUT2D eigenvalue weighted by atomic mass is 10.1. The van der Waals surface area contributed by atoms with Gasteiger partial charge in [0, 0.05) is 30.8 Å². The quantitative estimate of drug-likeness (QED) is 0.936. The van der Waals surface area contributed by atoms with Gasteiger partial charge in [-0.1, -0.05) is 48.5 Å². The van der Waals surface area contributed by atoms with Gasteiger partial charge < -0.3 is 14.7 Å². The average Bonchev–Trinajstić information content (AvgIpc) is 2.56. The maximum atomic E-state index is 9.49. The summed E-state index contributed by atoms with van der Waals surface area (Å²) in [6.45, 7) is 2.56. The molecule has 0 aromatic heterocycles. The fourth-order valence-electron chi connectivity index (χ4n) is 2.89. The van der Waals surface area contributed by atoms with E-state index >= 15 is 0 Å². The lowest BCUT2D eigenvalue weighted by molar-refractivity contribution is 0.0409. The molecule has 110 valence electrons. The lowest BCUT2D eigenvalue weighted by Crippen LogP contribution is -2.43. The van der Waals surface area contributed by atoms with Gasteiger partial charge in [0.1, 0.15) is 0 Å². The van der Waals surface area contributed by atoms with E-state index in [9.17, 15) is 5.11 Å². The summed E-state index contributed by atoms with van der Waals surface area (Å²) in [5.41, 5.74) is 3.42. The molecule has 3 nitrogen and oxygen atoms in total. The number of rotatable bonds is 4. The molecule has 0 saturated carbocycles. The zero-order chi connectivity index (χ0) is 14.5. The summed E-state index contributed by atoms with van der Waals surface area (Å²) in [4.78, 5) is 2.32. The molecule has 1 aliphatic rings. The van der Waals surface area contributed by atoms with Crippen LogP contribution in [0.2, 0.25) is 0 Å². The van der Waals surface area contributed by atoms with E-state index < -0.39 is 0 Å². The highest BCUT2D eigenvalue weighted by molar-refractivity contribution is 5.53. The smallest absolute Gasteiger partial charge is 0.0791 e. The molecule has 0 unspecified atom stereocenters. The number of nitrogens with zero attached hydrogens (tertiary/aromatic N) is 1. The number of benzene rings is 2. The van der Waals surface area contributed by atoms with Gasteiger partial charge in [0.15, 0.2) is 0 Å². The van der Waals surface area contributed by atoms with Crippen molar-refractivity contribution in [2.24, 2.45) is 0 Å². The van der Waals surface area contributed by atoms with E-state index in [0.29, 0.717) is 0 Å². The molecule has 1 heterocycles. The van der Waals surface area contributed by atoms with E-state index in [1.165, 1.54) is 5.56 Å². The molecule has 1 N–H and O–H groups in total. The molecule has 0 spiro atoms. The van der Waals surface area contributed by atoms with Gasteiger partial charge in [-0.15, -0.1) is 0 Å². The normalized spacial score (nSPS) is 18.7. The Morgan fingerprint density at radius 2 is 1.81 bits per heavy atom.